The molecule has 0 aliphatic heterocycles. The number of fused-ring (bicyclic) bond motifs is 3. The van der Waals surface area contributed by atoms with Crippen molar-refractivity contribution in [2.24, 2.45) is 0 Å². The Morgan fingerprint density at radius 3 is 2.50 bits per heavy atom. The quantitative estimate of drug-likeness (QED) is 0.520. The summed E-state index contributed by atoms with van der Waals surface area (Å²) in [6.07, 6.45) is 1.72. The minimum absolute atomic E-state index is 0.663. The highest BCUT2D eigenvalue weighted by atomic mass is 79.9. The summed E-state index contributed by atoms with van der Waals surface area (Å²) in [4.78, 5) is 4.46. The molecule has 24 heavy (non-hydrogen) atoms. The SMILES string of the molecule is CC(C)(O)c1ncccc1-n1c2ccccc2c2cc(Br)ccc21. The first kappa shape index (κ1) is 15.4. The fourth-order valence-electron chi connectivity index (χ4n) is 3.25. The number of benzene rings is 2. The van der Waals surface area contributed by atoms with E-state index in [0.29, 0.717) is 5.69 Å². The number of hydrogen-bond donors (Lipinski definition) is 1. The first-order valence-corrected chi connectivity index (χ1v) is 8.63. The van der Waals surface area contributed by atoms with Gasteiger partial charge in [0.15, 0.2) is 0 Å². The van der Waals surface area contributed by atoms with E-state index in [2.05, 4.69) is 49.7 Å². The lowest BCUT2D eigenvalue weighted by Gasteiger charge is -2.21. The van der Waals surface area contributed by atoms with E-state index < -0.39 is 5.60 Å². The maximum atomic E-state index is 10.6. The molecule has 1 N–H and O–H groups in total. The first-order chi connectivity index (χ1) is 11.5. The van der Waals surface area contributed by atoms with Gasteiger partial charge in [-0.1, -0.05) is 34.1 Å². The number of pyridine rings is 1. The Morgan fingerprint density at radius 2 is 1.71 bits per heavy atom. The number of aliphatic hydroxyl groups is 1. The molecule has 0 saturated heterocycles. The van der Waals surface area contributed by atoms with E-state index in [4.69, 9.17) is 0 Å². The van der Waals surface area contributed by atoms with Gasteiger partial charge in [0.25, 0.3) is 0 Å². The standard InChI is InChI=1S/C20H17BrN2O/c1-20(2,24)19-18(8-5-11-22-19)23-16-7-4-3-6-14(16)15-12-13(21)9-10-17(15)23/h3-12,24H,1-2H3. The van der Waals surface area contributed by atoms with Gasteiger partial charge in [-0.15, -0.1) is 0 Å². The normalized spacial score (nSPS) is 12.2. The maximum Gasteiger partial charge on any atom is 0.103 e. The van der Waals surface area contributed by atoms with Crippen LogP contribution in [0.2, 0.25) is 0 Å². The Morgan fingerprint density at radius 1 is 0.958 bits per heavy atom. The number of aromatic nitrogens is 2. The molecular formula is C20H17BrN2O. The van der Waals surface area contributed by atoms with Crippen LogP contribution in [0.25, 0.3) is 27.5 Å². The lowest BCUT2D eigenvalue weighted by Crippen LogP contribution is -2.20. The minimum Gasteiger partial charge on any atom is -0.384 e. The lowest BCUT2D eigenvalue weighted by atomic mass is 10.0. The summed E-state index contributed by atoms with van der Waals surface area (Å²) >= 11 is 3.57. The second-order valence-electron chi connectivity index (χ2n) is 6.44. The zero-order chi connectivity index (χ0) is 16.9. The van der Waals surface area contributed by atoms with Gasteiger partial charge in [0.1, 0.15) is 5.60 Å². The molecule has 0 spiro atoms. The van der Waals surface area contributed by atoms with Gasteiger partial charge in [-0.3, -0.25) is 4.98 Å². The summed E-state index contributed by atoms with van der Waals surface area (Å²) in [5.74, 6) is 0. The van der Waals surface area contributed by atoms with Gasteiger partial charge in [-0.25, -0.2) is 0 Å². The van der Waals surface area contributed by atoms with Crippen molar-refractivity contribution in [1.82, 2.24) is 9.55 Å². The molecule has 0 unspecified atom stereocenters. The molecule has 4 heteroatoms. The van der Waals surface area contributed by atoms with E-state index in [1.807, 2.05) is 30.3 Å². The number of nitrogens with zero attached hydrogens (tertiary/aromatic N) is 2. The summed E-state index contributed by atoms with van der Waals surface area (Å²) < 4.78 is 3.23. The number of hydrogen-bond acceptors (Lipinski definition) is 2. The monoisotopic (exact) mass is 380 g/mol. The van der Waals surface area contributed by atoms with Gasteiger partial charge in [-0.05, 0) is 50.2 Å². The van der Waals surface area contributed by atoms with Crippen molar-refractivity contribution in [2.75, 3.05) is 0 Å². The third-order valence-corrected chi connectivity index (χ3v) is 4.73. The van der Waals surface area contributed by atoms with Crippen LogP contribution in [-0.2, 0) is 5.60 Å². The van der Waals surface area contributed by atoms with Gasteiger partial charge in [-0.2, -0.15) is 0 Å². The van der Waals surface area contributed by atoms with E-state index >= 15 is 0 Å². The Kier molecular flexibility index (Phi) is 3.48. The molecule has 3 nitrogen and oxygen atoms in total. The van der Waals surface area contributed by atoms with E-state index in [-0.39, 0.29) is 0 Å². The maximum absolute atomic E-state index is 10.6. The highest BCUT2D eigenvalue weighted by Gasteiger charge is 2.24. The van der Waals surface area contributed by atoms with E-state index in [0.717, 1.165) is 21.2 Å². The van der Waals surface area contributed by atoms with Gasteiger partial charge in [0.05, 0.1) is 22.4 Å². The minimum atomic E-state index is -1.02. The zero-order valence-electron chi connectivity index (χ0n) is 13.5. The van der Waals surface area contributed by atoms with Crippen LogP contribution >= 0.6 is 15.9 Å². The molecule has 0 radical (unpaired) electrons. The summed E-state index contributed by atoms with van der Waals surface area (Å²) in [5, 5.41) is 12.9. The van der Waals surface area contributed by atoms with Gasteiger partial charge in [0.2, 0.25) is 0 Å². The fourth-order valence-corrected chi connectivity index (χ4v) is 3.61. The van der Waals surface area contributed by atoms with Crippen molar-refractivity contribution in [3.8, 4) is 5.69 Å². The van der Waals surface area contributed by atoms with Crippen LogP contribution in [-0.4, -0.2) is 14.7 Å². The van der Waals surface area contributed by atoms with Crippen molar-refractivity contribution in [2.45, 2.75) is 19.4 Å². The highest BCUT2D eigenvalue weighted by Crippen LogP contribution is 2.35. The molecule has 0 atom stereocenters. The molecule has 0 fully saturated rings. The summed E-state index contributed by atoms with van der Waals surface area (Å²) in [6, 6.07) is 18.5. The highest BCUT2D eigenvalue weighted by molar-refractivity contribution is 9.10. The third kappa shape index (κ3) is 2.34. The molecule has 0 amide bonds. The molecule has 120 valence electrons. The van der Waals surface area contributed by atoms with E-state index in [1.54, 1.807) is 20.0 Å². The summed E-state index contributed by atoms with van der Waals surface area (Å²) in [5.41, 5.74) is 2.74. The van der Waals surface area contributed by atoms with Crippen molar-refractivity contribution in [1.29, 1.82) is 0 Å². The molecule has 2 aromatic heterocycles. The zero-order valence-corrected chi connectivity index (χ0v) is 15.1. The smallest absolute Gasteiger partial charge is 0.103 e. The Bertz CT molecular complexity index is 1060. The van der Waals surface area contributed by atoms with Gasteiger partial charge >= 0.3 is 0 Å². The molecule has 4 aromatic rings. The molecule has 0 aliphatic carbocycles. The van der Waals surface area contributed by atoms with Crippen LogP contribution in [0.15, 0.2) is 65.3 Å². The predicted octanol–water partition coefficient (Wildman–Crippen LogP) is 5.17. The first-order valence-electron chi connectivity index (χ1n) is 7.84. The Labute approximate surface area is 148 Å². The Hall–Kier alpha value is -2.17. The summed E-state index contributed by atoms with van der Waals surface area (Å²) in [7, 11) is 0. The molecule has 0 bridgehead atoms. The van der Waals surface area contributed by atoms with E-state index in [1.165, 1.54) is 10.8 Å². The number of halogens is 1. The number of rotatable bonds is 2. The van der Waals surface area contributed by atoms with Gasteiger partial charge in [0, 0.05) is 21.4 Å². The second kappa shape index (κ2) is 5.43. The molecule has 2 heterocycles. The van der Waals surface area contributed by atoms with Crippen LogP contribution in [0.3, 0.4) is 0 Å². The predicted molar refractivity (Wildman–Crippen MR) is 102 cm³/mol. The topological polar surface area (TPSA) is 38.1 Å². The van der Waals surface area contributed by atoms with Crippen LogP contribution in [0.1, 0.15) is 19.5 Å². The van der Waals surface area contributed by atoms with Crippen molar-refractivity contribution >= 4 is 37.7 Å². The van der Waals surface area contributed by atoms with Gasteiger partial charge < -0.3 is 9.67 Å². The molecule has 4 rings (SSSR count). The lowest BCUT2D eigenvalue weighted by molar-refractivity contribution is 0.0739. The largest absolute Gasteiger partial charge is 0.384 e. The molecule has 2 aromatic carbocycles. The average molecular weight is 381 g/mol. The number of para-hydroxylation sites is 1. The fraction of sp³-hybridized carbons (Fsp3) is 0.150. The van der Waals surface area contributed by atoms with E-state index in [9.17, 15) is 5.11 Å². The third-order valence-electron chi connectivity index (χ3n) is 4.24. The Balaban J connectivity index is 2.18. The average Bonchev–Trinajstić information content (AvgIpc) is 2.88. The molecule has 0 saturated carbocycles. The van der Waals surface area contributed by atoms with Crippen LogP contribution < -0.4 is 0 Å². The second-order valence-corrected chi connectivity index (χ2v) is 7.36. The van der Waals surface area contributed by atoms with Crippen LogP contribution in [0.5, 0.6) is 0 Å². The summed E-state index contributed by atoms with van der Waals surface area (Å²) in [6.45, 7) is 3.53. The molecule has 0 aliphatic rings. The van der Waals surface area contributed by atoms with Crippen molar-refractivity contribution in [3.05, 3.63) is 71.0 Å². The van der Waals surface area contributed by atoms with Crippen LogP contribution in [0.4, 0.5) is 0 Å². The van der Waals surface area contributed by atoms with Crippen LogP contribution in [0, 0.1) is 0 Å². The molecular weight excluding hydrogens is 364 g/mol. The van der Waals surface area contributed by atoms with Crippen molar-refractivity contribution in [3.63, 3.8) is 0 Å². The van der Waals surface area contributed by atoms with Crippen molar-refractivity contribution < 1.29 is 5.11 Å².